The van der Waals surface area contributed by atoms with Gasteiger partial charge < -0.3 is 15.4 Å². The number of carbonyl (C=O) groups is 1. The Kier molecular flexibility index (Phi) is 5.66. The van der Waals surface area contributed by atoms with Gasteiger partial charge in [-0.05, 0) is 61.7 Å². The molecule has 0 aliphatic heterocycles. The minimum Gasteiger partial charge on any atom is -0.444 e. The third-order valence-electron chi connectivity index (χ3n) is 3.25. The van der Waals surface area contributed by atoms with Gasteiger partial charge in [0.1, 0.15) is 5.60 Å². The van der Waals surface area contributed by atoms with Crippen molar-refractivity contribution in [3.8, 4) is 0 Å². The first-order chi connectivity index (χ1) is 10.8. The van der Waals surface area contributed by atoms with Crippen LogP contribution in [-0.4, -0.2) is 11.7 Å². The summed E-state index contributed by atoms with van der Waals surface area (Å²) >= 11 is 1.69. The van der Waals surface area contributed by atoms with E-state index >= 15 is 0 Å². The van der Waals surface area contributed by atoms with Gasteiger partial charge >= 0.3 is 6.09 Å². The van der Waals surface area contributed by atoms with E-state index in [1.807, 2.05) is 45.0 Å². The molecule has 1 aromatic carbocycles. The molecule has 0 bridgehead atoms. The van der Waals surface area contributed by atoms with Crippen LogP contribution in [-0.2, 0) is 11.3 Å². The van der Waals surface area contributed by atoms with Crippen molar-refractivity contribution in [2.75, 3.05) is 5.32 Å². The number of hydrogen-bond donors (Lipinski definition) is 2. The van der Waals surface area contributed by atoms with Crippen LogP contribution < -0.4 is 10.6 Å². The Morgan fingerprint density at radius 2 is 2.00 bits per heavy atom. The number of carbonyl (C=O) groups excluding carboxylic acids is 1. The fourth-order valence-corrected chi connectivity index (χ4v) is 2.89. The van der Waals surface area contributed by atoms with Gasteiger partial charge in [-0.25, -0.2) is 4.79 Å². The van der Waals surface area contributed by atoms with Crippen molar-refractivity contribution in [2.45, 2.75) is 45.9 Å². The molecule has 2 aromatic rings. The van der Waals surface area contributed by atoms with E-state index in [0.717, 1.165) is 11.3 Å². The lowest BCUT2D eigenvalue weighted by atomic mass is 10.1. The van der Waals surface area contributed by atoms with E-state index in [2.05, 4.69) is 34.4 Å². The van der Waals surface area contributed by atoms with Gasteiger partial charge in [-0.1, -0.05) is 18.2 Å². The van der Waals surface area contributed by atoms with Crippen molar-refractivity contribution in [1.29, 1.82) is 0 Å². The van der Waals surface area contributed by atoms with Crippen LogP contribution in [0, 0.1) is 0 Å². The van der Waals surface area contributed by atoms with Crippen molar-refractivity contribution in [3.05, 3.63) is 52.2 Å². The van der Waals surface area contributed by atoms with Crippen LogP contribution in [0.4, 0.5) is 10.5 Å². The molecular formula is C18H24N2O2S. The molecule has 0 fully saturated rings. The van der Waals surface area contributed by atoms with Crippen LogP contribution in [0.25, 0.3) is 0 Å². The van der Waals surface area contributed by atoms with E-state index < -0.39 is 11.7 Å². The molecule has 0 radical (unpaired) electrons. The largest absolute Gasteiger partial charge is 0.444 e. The van der Waals surface area contributed by atoms with Crippen molar-refractivity contribution in [1.82, 2.24) is 5.32 Å². The van der Waals surface area contributed by atoms with Crippen LogP contribution in [0.5, 0.6) is 0 Å². The summed E-state index contributed by atoms with van der Waals surface area (Å²) in [4.78, 5) is 11.8. The first-order valence-corrected chi connectivity index (χ1v) is 8.63. The number of para-hydroxylation sites is 1. The molecule has 1 amide bonds. The Hall–Kier alpha value is -2.01. The van der Waals surface area contributed by atoms with E-state index in [1.165, 1.54) is 5.56 Å². The monoisotopic (exact) mass is 332 g/mol. The maximum Gasteiger partial charge on any atom is 0.407 e. The Labute approximate surface area is 141 Å². The zero-order valence-electron chi connectivity index (χ0n) is 14.1. The van der Waals surface area contributed by atoms with Gasteiger partial charge in [0.25, 0.3) is 0 Å². The number of anilines is 1. The fourth-order valence-electron chi connectivity index (χ4n) is 2.13. The van der Waals surface area contributed by atoms with E-state index in [9.17, 15) is 4.79 Å². The van der Waals surface area contributed by atoms with Gasteiger partial charge in [-0.3, -0.25) is 0 Å². The summed E-state index contributed by atoms with van der Waals surface area (Å²) in [6.45, 7) is 8.11. The molecule has 1 heterocycles. The maximum atomic E-state index is 11.8. The minimum absolute atomic E-state index is 0.212. The highest BCUT2D eigenvalue weighted by Crippen LogP contribution is 2.23. The molecule has 1 unspecified atom stereocenters. The molecule has 2 N–H and O–H groups in total. The smallest absolute Gasteiger partial charge is 0.407 e. The van der Waals surface area contributed by atoms with Crippen LogP contribution >= 0.6 is 11.3 Å². The van der Waals surface area contributed by atoms with Crippen molar-refractivity contribution in [2.24, 2.45) is 0 Å². The molecule has 23 heavy (non-hydrogen) atoms. The van der Waals surface area contributed by atoms with Crippen LogP contribution in [0.15, 0.2) is 41.1 Å². The summed E-state index contributed by atoms with van der Waals surface area (Å²) in [7, 11) is 0. The van der Waals surface area contributed by atoms with E-state index in [1.54, 1.807) is 11.3 Å². The van der Waals surface area contributed by atoms with Gasteiger partial charge in [-0.15, -0.1) is 0 Å². The lowest BCUT2D eigenvalue weighted by molar-refractivity contribution is 0.0523. The van der Waals surface area contributed by atoms with Crippen molar-refractivity contribution >= 4 is 23.1 Å². The number of ether oxygens (including phenoxy) is 1. The second kappa shape index (κ2) is 7.51. The van der Waals surface area contributed by atoms with Gasteiger partial charge in [-0.2, -0.15) is 11.3 Å². The third kappa shape index (κ3) is 5.60. The highest BCUT2D eigenvalue weighted by atomic mass is 32.1. The van der Waals surface area contributed by atoms with Crippen LogP contribution in [0.1, 0.15) is 44.9 Å². The zero-order valence-corrected chi connectivity index (χ0v) is 14.9. The second-order valence-corrected chi connectivity index (χ2v) is 7.22. The van der Waals surface area contributed by atoms with E-state index in [0.29, 0.717) is 6.54 Å². The number of benzene rings is 1. The van der Waals surface area contributed by atoms with Gasteiger partial charge in [0, 0.05) is 18.3 Å². The summed E-state index contributed by atoms with van der Waals surface area (Å²) in [6, 6.07) is 10.3. The number of amides is 1. The Bertz CT molecular complexity index is 633. The molecule has 5 heteroatoms. The quantitative estimate of drug-likeness (QED) is 0.815. The van der Waals surface area contributed by atoms with E-state index in [4.69, 9.17) is 4.74 Å². The molecular weight excluding hydrogens is 308 g/mol. The Balaban J connectivity index is 1.99. The number of thiophene rings is 1. The highest BCUT2D eigenvalue weighted by Gasteiger charge is 2.16. The molecule has 1 aromatic heterocycles. The molecule has 0 aliphatic carbocycles. The highest BCUT2D eigenvalue weighted by molar-refractivity contribution is 7.07. The normalized spacial score (nSPS) is 12.5. The zero-order chi connectivity index (χ0) is 16.9. The average molecular weight is 332 g/mol. The lowest BCUT2D eigenvalue weighted by Gasteiger charge is -2.21. The first-order valence-electron chi connectivity index (χ1n) is 7.68. The molecule has 1 atom stereocenters. The van der Waals surface area contributed by atoms with E-state index in [-0.39, 0.29) is 6.04 Å². The molecule has 0 spiro atoms. The number of alkyl carbamates (subject to hydrolysis) is 1. The summed E-state index contributed by atoms with van der Waals surface area (Å²) in [6.07, 6.45) is -0.404. The van der Waals surface area contributed by atoms with Gasteiger partial charge in [0.05, 0.1) is 0 Å². The first kappa shape index (κ1) is 17.3. The maximum absolute atomic E-state index is 11.8. The predicted molar refractivity (Wildman–Crippen MR) is 95.9 cm³/mol. The molecule has 0 aliphatic rings. The fraction of sp³-hybridized carbons (Fsp3) is 0.389. The number of rotatable bonds is 5. The third-order valence-corrected chi connectivity index (χ3v) is 3.96. The van der Waals surface area contributed by atoms with Crippen molar-refractivity contribution in [3.63, 3.8) is 0 Å². The summed E-state index contributed by atoms with van der Waals surface area (Å²) in [5, 5.41) is 10.5. The number of hydrogen-bond acceptors (Lipinski definition) is 4. The summed E-state index contributed by atoms with van der Waals surface area (Å²) in [5.74, 6) is 0. The molecule has 4 nitrogen and oxygen atoms in total. The summed E-state index contributed by atoms with van der Waals surface area (Å²) in [5.41, 5.74) is 2.81. The standard InChI is InChI=1S/C18H24N2O2S/c1-13(15-9-10-23-12-15)20-16-8-6-5-7-14(16)11-19-17(21)22-18(2,3)4/h5-10,12-13,20H,11H2,1-4H3,(H,19,21). The number of nitrogens with one attached hydrogen (secondary N) is 2. The molecule has 0 saturated heterocycles. The minimum atomic E-state index is -0.491. The molecule has 2 rings (SSSR count). The molecule has 0 saturated carbocycles. The Morgan fingerprint density at radius 3 is 2.65 bits per heavy atom. The Morgan fingerprint density at radius 1 is 1.26 bits per heavy atom. The predicted octanol–water partition coefficient (Wildman–Crippen LogP) is 4.95. The van der Waals surface area contributed by atoms with Gasteiger partial charge in [0.15, 0.2) is 0 Å². The van der Waals surface area contributed by atoms with Crippen LogP contribution in [0.3, 0.4) is 0 Å². The summed E-state index contributed by atoms with van der Waals surface area (Å²) < 4.78 is 5.27. The topological polar surface area (TPSA) is 50.4 Å². The molecule has 124 valence electrons. The van der Waals surface area contributed by atoms with Gasteiger partial charge in [0.2, 0.25) is 0 Å². The lowest BCUT2D eigenvalue weighted by Crippen LogP contribution is -2.32. The van der Waals surface area contributed by atoms with Crippen molar-refractivity contribution < 1.29 is 9.53 Å². The second-order valence-electron chi connectivity index (χ2n) is 6.44. The SMILES string of the molecule is CC(Nc1ccccc1CNC(=O)OC(C)(C)C)c1ccsc1. The van der Waals surface area contributed by atoms with Crippen LogP contribution in [0.2, 0.25) is 0 Å². The average Bonchev–Trinajstić information content (AvgIpc) is 2.99.